The molecule has 2 aromatic rings. The zero-order valence-corrected chi connectivity index (χ0v) is 11.2. The summed E-state index contributed by atoms with van der Waals surface area (Å²) >= 11 is 0. The van der Waals surface area contributed by atoms with Gasteiger partial charge in [0.15, 0.2) is 0 Å². The Morgan fingerprint density at radius 2 is 2.05 bits per heavy atom. The van der Waals surface area contributed by atoms with Crippen molar-refractivity contribution >= 4 is 0 Å². The average Bonchev–Trinajstić information content (AvgIpc) is 2.45. The number of hydrogen-bond donors (Lipinski definition) is 1. The molecule has 0 fully saturated rings. The molecule has 1 atom stereocenters. The summed E-state index contributed by atoms with van der Waals surface area (Å²) in [5.41, 5.74) is 2.93. The van der Waals surface area contributed by atoms with Crippen LogP contribution in [0.3, 0.4) is 0 Å². The van der Waals surface area contributed by atoms with Gasteiger partial charge in [0.25, 0.3) is 0 Å². The smallest absolute Gasteiger partial charge is 0.238 e. The summed E-state index contributed by atoms with van der Waals surface area (Å²) in [5, 5.41) is 10.2. The van der Waals surface area contributed by atoms with E-state index < -0.39 is 6.10 Å². The van der Waals surface area contributed by atoms with Gasteiger partial charge >= 0.3 is 0 Å². The van der Waals surface area contributed by atoms with Crippen molar-refractivity contribution in [2.24, 2.45) is 0 Å². The molecule has 1 aromatic heterocycles. The second kappa shape index (κ2) is 6.29. The lowest BCUT2D eigenvalue weighted by atomic mass is 10.0. The van der Waals surface area contributed by atoms with Gasteiger partial charge in [-0.3, -0.25) is 4.98 Å². The fourth-order valence-corrected chi connectivity index (χ4v) is 2.03. The number of aliphatic hydroxyl groups is 1. The molecule has 0 radical (unpaired) electrons. The first-order chi connectivity index (χ1) is 9.20. The van der Waals surface area contributed by atoms with Crippen LogP contribution in [0, 0.1) is 6.92 Å². The molecule has 0 bridgehead atoms. The summed E-state index contributed by atoms with van der Waals surface area (Å²) in [7, 11) is 1.53. The zero-order valence-electron chi connectivity index (χ0n) is 11.2. The molecule has 0 spiro atoms. The Hall–Kier alpha value is -1.94. The molecule has 4 heteroatoms. The third-order valence-electron chi connectivity index (χ3n) is 2.99. The quantitative estimate of drug-likeness (QED) is 0.895. The Bertz CT molecular complexity index is 543. The molecule has 100 valence electrons. The Morgan fingerprint density at radius 3 is 2.79 bits per heavy atom. The van der Waals surface area contributed by atoms with Crippen molar-refractivity contribution in [1.29, 1.82) is 0 Å². The van der Waals surface area contributed by atoms with Gasteiger partial charge in [-0.1, -0.05) is 29.8 Å². The van der Waals surface area contributed by atoms with E-state index in [9.17, 15) is 5.11 Å². The van der Waals surface area contributed by atoms with Gasteiger partial charge in [0, 0.05) is 12.4 Å². The molecule has 1 N–H and O–H groups in total. The first-order valence-electron chi connectivity index (χ1n) is 6.29. The lowest BCUT2D eigenvalue weighted by Gasteiger charge is -2.12. The highest BCUT2D eigenvalue weighted by molar-refractivity contribution is 5.23. The minimum absolute atomic E-state index is 0.388. The van der Waals surface area contributed by atoms with E-state index in [1.54, 1.807) is 12.4 Å². The lowest BCUT2D eigenvalue weighted by molar-refractivity contribution is 0.157. The van der Waals surface area contributed by atoms with Crippen LogP contribution in [0.2, 0.25) is 0 Å². The maximum absolute atomic E-state index is 10.2. The van der Waals surface area contributed by atoms with Crippen LogP contribution in [0.4, 0.5) is 0 Å². The first-order valence-corrected chi connectivity index (χ1v) is 6.29. The van der Waals surface area contributed by atoms with Crippen molar-refractivity contribution < 1.29 is 9.84 Å². The fourth-order valence-electron chi connectivity index (χ4n) is 2.03. The van der Waals surface area contributed by atoms with Crippen LogP contribution >= 0.6 is 0 Å². The van der Waals surface area contributed by atoms with Crippen LogP contribution in [-0.4, -0.2) is 22.2 Å². The van der Waals surface area contributed by atoms with E-state index in [1.807, 2.05) is 6.07 Å². The molecule has 0 aliphatic rings. The van der Waals surface area contributed by atoms with Crippen LogP contribution < -0.4 is 4.74 Å². The topological polar surface area (TPSA) is 55.2 Å². The first kappa shape index (κ1) is 13.5. The van der Waals surface area contributed by atoms with Gasteiger partial charge in [0.05, 0.1) is 7.11 Å². The monoisotopic (exact) mass is 258 g/mol. The molecule has 0 aliphatic carbocycles. The summed E-state index contributed by atoms with van der Waals surface area (Å²) in [5.74, 6) is 0.388. The van der Waals surface area contributed by atoms with Gasteiger partial charge in [0.1, 0.15) is 11.8 Å². The number of aromatic nitrogens is 2. The highest BCUT2D eigenvalue weighted by atomic mass is 16.5. The molecule has 1 aromatic carbocycles. The molecule has 0 aliphatic heterocycles. The Kier molecular flexibility index (Phi) is 4.47. The van der Waals surface area contributed by atoms with E-state index in [4.69, 9.17) is 4.74 Å². The highest BCUT2D eigenvalue weighted by Gasteiger charge is 2.15. The number of hydrogen-bond acceptors (Lipinski definition) is 4. The van der Waals surface area contributed by atoms with Crippen molar-refractivity contribution in [2.75, 3.05) is 7.11 Å². The Labute approximate surface area is 113 Å². The number of benzene rings is 1. The molecule has 0 saturated heterocycles. The maximum atomic E-state index is 10.2. The summed E-state index contributed by atoms with van der Waals surface area (Å²) in [6, 6.07) is 8.28. The van der Waals surface area contributed by atoms with E-state index in [2.05, 4.69) is 35.1 Å². The molecule has 4 nitrogen and oxygen atoms in total. The molecule has 0 amide bonds. The van der Waals surface area contributed by atoms with Crippen molar-refractivity contribution in [1.82, 2.24) is 9.97 Å². The number of nitrogens with zero attached hydrogens (tertiary/aromatic N) is 2. The Morgan fingerprint density at radius 1 is 1.26 bits per heavy atom. The highest BCUT2D eigenvalue weighted by Crippen LogP contribution is 2.23. The third kappa shape index (κ3) is 3.51. The molecular weight excluding hydrogens is 240 g/mol. The van der Waals surface area contributed by atoms with E-state index in [0.29, 0.717) is 18.0 Å². The normalized spacial score (nSPS) is 12.2. The number of rotatable bonds is 5. The number of aryl methyl sites for hydroxylation is 2. The van der Waals surface area contributed by atoms with Gasteiger partial charge in [-0.05, 0) is 25.3 Å². The minimum atomic E-state index is -0.663. The third-order valence-corrected chi connectivity index (χ3v) is 2.99. The second-order valence-corrected chi connectivity index (χ2v) is 4.49. The van der Waals surface area contributed by atoms with Crippen LogP contribution in [0.15, 0.2) is 36.7 Å². The van der Waals surface area contributed by atoms with E-state index >= 15 is 0 Å². The van der Waals surface area contributed by atoms with Gasteiger partial charge in [-0.2, -0.15) is 0 Å². The minimum Gasteiger partial charge on any atom is -0.480 e. The van der Waals surface area contributed by atoms with Crippen LogP contribution in [0.25, 0.3) is 0 Å². The summed E-state index contributed by atoms with van der Waals surface area (Å²) < 4.78 is 5.10. The largest absolute Gasteiger partial charge is 0.480 e. The van der Waals surface area contributed by atoms with Crippen molar-refractivity contribution in [3.05, 3.63) is 53.5 Å². The van der Waals surface area contributed by atoms with Gasteiger partial charge in [0.2, 0.25) is 5.88 Å². The average molecular weight is 258 g/mol. The van der Waals surface area contributed by atoms with E-state index in [0.717, 1.165) is 6.42 Å². The second-order valence-electron chi connectivity index (χ2n) is 4.49. The van der Waals surface area contributed by atoms with E-state index in [1.165, 1.54) is 18.2 Å². The molecule has 1 heterocycles. The molecule has 2 rings (SSSR count). The van der Waals surface area contributed by atoms with Crippen molar-refractivity contribution in [2.45, 2.75) is 25.9 Å². The zero-order chi connectivity index (χ0) is 13.7. The predicted molar refractivity (Wildman–Crippen MR) is 73.0 cm³/mol. The summed E-state index contributed by atoms with van der Waals surface area (Å²) in [6.45, 7) is 2.06. The number of methoxy groups -OCH3 is 1. The van der Waals surface area contributed by atoms with E-state index in [-0.39, 0.29) is 0 Å². The standard InChI is InChI=1S/C15H18N2O2/c1-11-4-3-5-12(10-11)6-7-13(18)14-15(19-2)17-9-8-16-14/h3-5,8-10,13,18H,6-7H2,1-2H3. The SMILES string of the molecule is COc1nccnc1C(O)CCc1cccc(C)c1. The molecule has 0 saturated carbocycles. The van der Waals surface area contributed by atoms with Crippen LogP contribution in [0.5, 0.6) is 5.88 Å². The van der Waals surface area contributed by atoms with Gasteiger partial charge in [-0.15, -0.1) is 0 Å². The number of ether oxygens (including phenoxy) is 1. The molecule has 19 heavy (non-hydrogen) atoms. The van der Waals surface area contributed by atoms with Crippen molar-refractivity contribution in [3.8, 4) is 5.88 Å². The summed E-state index contributed by atoms with van der Waals surface area (Å²) in [6.07, 6.45) is 3.84. The van der Waals surface area contributed by atoms with Crippen molar-refractivity contribution in [3.63, 3.8) is 0 Å². The number of aliphatic hydroxyl groups excluding tert-OH is 1. The molecule has 1 unspecified atom stereocenters. The fraction of sp³-hybridized carbons (Fsp3) is 0.333. The van der Waals surface area contributed by atoms with Crippen LogP contribution in [-0.2, 0) is 6.42 Å². The van der Waals surface area contributed by atoms with Crippen LogP contribution in [0.1, 0.15) is 29.3 Å². The van der Waals surface area contributed by atoms with Gasteiger partial charge < -0.3 is 9.84 Å². The maximum Gasteiger partial charge on any atom is 0.238 e. The summed E-state index contributed by atoms with van der Waals surface area (Å²) in [4.78, 5) is 8.18. The molecular formula is C15H18N2O2. The predicted octanol–water partition coefficient (Wildman–Crippen LogP) is 2.46. The Balaban J connectivity index is 2.03. The lowest BCUT2D eigenvalue weighted by Crippen LogP contribution is -2.06. The van der Waals surface area contributed by atoms with Gasteiger partial charge in [-0.25, -0.2) is 4.98 Å².